The number of hydrogen-bond acceptors (Lipinski definition) is 4. The van der Waals surface area contributed by atoms with E-state index in [1.54, 1.807) is 6.92 Å². The molecular formula is C22H26N2O4. The first kappa shape index (κ1) is 17.7. The Balaban J connectivity index is 1.32. The van der Waals surface area contributed by atoms with Crippen LogP contribution in [0.3, 0.4) is 0 Å². The molecule has 2 aliphatic heterocycles. The summed E-state index contributed by atoms with van der Waals surface area (Å²) in [4.78, 5) is 41.4. The Hall–Kier alpha value is -2.37. The van der Waals surface area contributed by atoms with Gasteiger partial charge in [0, 0.05) is 44.9 Å². The van der Waals surface area contributed by atoms with Crippen LogP contribution in [0.4, 0.5) is 0 Å². The van der Waals surface area contributed by atoms with Crippen LogP contribution in [0.5, 0.6) is 5.75 Å². The van der Waals surface area contributed by atoms with Crippen molar-refractivity contribution in [3.63, 3.8) is 0 Å². The number of nitrogens with zero attached hydrogens (tertiary/aromatic N) is 2. The lowest BCUT2D eigenvalue weighted by atomic mass is 9.84. The molecule has 148 valence electrons. The second-order valence-corrected chi connectivity index (χ2v) is 8.70. The van der Waals surface area contributed by atoms with E-state index in [4.69, 9.17) is 4.74 Å². The van der Waals surface area contributed by atoms with Crippen molar-refractivity contribution >= 4 is 17.6 Å². The number of amides is 2. The van der Waals surface area contributed by atoms with Crippen molar-refractivity contribution in [2.45, 2.75) is 38.2 Å². The summed E-state index contributed by atoms with van der Waals surface area (Å²) in [6.07, 6.45) is 3.00. The number of hydrogen-bond donors (Lipinski definition) is 0. The zero-order chi connectivity index (χ0) is 19.5. The van der Waals surface area contributed by atoms with E-state index in [1.807, 2.05) is 34.1 Å². The minimum absolute atomic E-state index is 0.0318. The molecule has 1 spiro atoms. The molecular weight excluding hydrogens is 356 g/mol. The molecule has 0 aromatic heterocycles. The lowest BCUT2D eigenvalue weighted by Gasteiger charge is -2.37. The summed E-state index contributed by atoms with van der Waals surface area (Å²) < 4.78 is 6.40. The molecule has 2 heterocycles. The normalized spacial score (nSPS) is 33.8. The Kier molecular flexibility index (Phi) is 4.00. The highest BCUT2D eigenvalue weighted by molar-refractivity contribution is 6.00. The molecule has 2 amide bonds. The second kappa shape index (κ2) is 6.33. The molecule has 4 atom stereocenters. The van der Waals surface area contributed by atoms with Gasteiger partial charge in [0.1, 0.15) is 11.4 Å². The minimum Gasteiger partial charge on any atom is -0.486 e. The van der Waals surface area contributed by atoms with Crippen molar-refractivity contribution in [2.24, 2.45) is 17.8 Å². The highest BCUT2D eigenvalue weighted by Crippen LogP contribution is 2.66. The standard InChI is InChI=1S/C22H26N2O4/c1-14(25)23-9-4-10-24(12-11-23)21(27)19-16-7-8-22(20(16)19)13-17(26)15-5-2-3-6-18(15)28-22/h2-3,5-6,16,19-20H,4,7-13H2,1H3. The number of benzene rings is 1. The van der Waals surface area contributed by atoms with E-state index in [1.165, 1.54) is 0 Å². The number of rotatable bonds is 1. The molecule has 1 saturated heterocycles. The Labute approximate surface area is 164 Å². The molecule has 0 bridgehead atoms. The minimum atomic E-state index is -0.506. The Bertz CT molecular complexity index is 853. The average Bonchev–Trinajstić information content (AvgIpc) is 3.38. The topological polar surface area (TPSA) is 66.9 Å². The summed E-state index contributed by atoms with van der Waals surface area (Å²) in [5.41, 5.74) is 0.158. The Morgan fingerprint density at radius 2 is 1.86 bits per heavy atom. The first-order valence-corrected chi connectivity index (χ1v) is 10.4. The van der Waals surface area contributed by atoms with Gasteiger partial charge in [-0.2, -0.15) is 0 Å². The highest BCUT2D eigenvalue weighted by atomic mass is 16.5. The van der Waals surface area contributed by atoms with Gasteiger partial charge in [0.25, 0.3) is 0 Å². The first-order chi connectivity index (χ1) is 13.5. The van der Waals surface area contributed by atoms with E-state index in [0.717, 1.165) is 25.8 Å². The number of ether oxygens (including phenoxy) is 1. The average molecular weight is 382 g/mol. The smallest absolute Gasteiger partial charge is 0.226 e. The molecule has 1 aromatic rings. The van der Waals surface area contributed by atoms with E-state index >= 15 is 0 Å². The molecule has 6 heteroatoms. The van der Waals surface area contributed by atoms with Gasteiger partial charge in [-0.3, -0.25) is 14.4 Å². The fraction of sp³-hybridized carbons (Fsp3) is 0.591. The fourth-order valence-corrected chi connectivity index (χ4v) is 5.76. The predicted molar refractivity (Wildman–Crippen MR) is 102 cm³/mol. The maximum atomic E-state index is 13.2. The molecule has 4 unspecified atom stereocenters. The van der Waals surface area contributed by atoms with Crippen LogP contribution in [0.25, 0.3) is 0 Å². The first-order valence-electron chi connectivity index (χ1n) is 10.4. The maximum Gasteiger partial charge on any atom is 0.226 e. The zero-order valence-corrected chi connectivity index (χ0v) is 16.2. The number of ketones is 1. The van der Waals surface area contributed by atoms with E-state index in [-0.39, 0.29) is 29.4 Å². The van der Waals surface area contributed by atoms with Crippen LogP contribution in [0.1, 0.15) is 43.0 Å². The summed E-state index contributed by atoms with van der Waals surface area (Å²) in [5, 5.41) is 0. The number of fused-ring (bicyclic) bond motifs is 3. The molecule has 3 fully saturated rings. The molecule has 2 aliphatic carbocycles. The lowest BCUT2D eigenvalue weighted by Crippen LogP contribution is -2.45. The summed E-state index contributed by atoms with van der Waals surface area (Å²) >= 11 is 0. The molecule has 0 N–H and O–H groups in total. The second-order valence-electron chi connectivity index (χ2n) is 8.70. The molecule has 0 radical (unpaired) electrons. The Morgan fingerprint density at radius 1 is 1.11 bits per heavy atom. The van der Waals surface area contributed by atoms with Crippen LogP contribution in [0, 0.1) is 17.8 Å². The molecule has 1 aromatic carbocycles. The molecule has 28 heavy (non-hydrogen) atoms. The van der Waals surface area contributed by atoms with Gasteiger partial charge in [0.05, 0.1) is 12.0 Å². The van der Waals surface area contributed by atoms with E-state index in [0.29, 0.717) is 43.3 Å². The van der Waals surface area contributed by atoms with Crippen molar-refractivity contribution in [3.8, 4) is 5.75 Å². The summed E-state index contributed by atoms with van der Waals surface area (Å²) in [5.74, 6) is 1.51. The predicted octanol–water partition coefficient (Wildman–Crippen LogP) is 2.13. The largest absolute Gasteiger partial charge is 0.486 e. The van der Waals surface area contributed by atoms with Crippen molar-refractivity contribution in [2.75, 3.05) is 26.2 Å². The van der Waals surface area contributed by atoms with Crippen LogP contribution in [0.15, 0.2) is 24.3 Å². The van der Waals surface area contributed by atoms with Gasteiger partial charge in [-0.25, -0.2) is 0 Å². The van der Waals surface area contributed by atoms with Gasteiger partial charge in [-0.15, -0.1) is 0 Å². The number of carbonyl (C=O) groups is 3. The number of Topliss-reactive ketones (excluding diaryl/α,β-unsaturated/α-hetero) is 1. The number of para-hydroxylation sites is 1. The number of carbonyl (C=O) groups excluding carboxylic acids is 3. The third kappa shape index (κ3) is 2.65. The Morgan fingerprint density at radius 3 is 2.68 bits per heavy atom. The van der Waals surface area contributed by atoms with Gasteiger partial charge >= 0.3 is 0 Å². The lowest BCUT2D eigenvalue weighted by molar-refractivity contribution is -0.135. The van der Waals surface area contributed by atoms with Crippen molar-refractivity contribution < 1.29 is 19.1 Å². The zero-order valence-electron chi connectivity index (χ0n) is 16.2. The molecule has 4 aliphatic rings. The molecule has 2 saturated carbocycles. The van der Waals surface area contributed by atoms with Crippen LogP contribution in [-0.2, 0) is 9.59 Å². The molecule has 5 rings (SSSR count). The van der Waals surface area contributed by atoms with Gasteiger partial charge in [0.2, 0.25) is 11.8 Å². The highest BCUT2D eigenvalue weighted by Gasteiger charge is 2.71. The monoisotopic (exact) mass is 382 g/mol. The van der Waals surface area contributed by atoms with E-state index in [9.17, 15) is 14.4 Å². The van der Waals surface area contributed by atoms with Gasteiger partial charge in [-0.05, 0) is 37.3 Å². The van der Waals surface area contributed by atoms with Crippen LogP contribution >= 0.6 is 0 Å². The van der Waals surface area contributed by atoms with Crippen LogP contribution in [-0.4, -0.2) is 59.2 Å². The van der Waals surface area contributed by atoms with Crippen LogP contribution in [0.2, 0.25) is 0 Å². The third-order valence-electron chi connectivity index (χ3n) is 7.18. The summed E-state index contributed by atoms with van der Waals surface area (Å²) in [6.45, 7) is 4.21. The summed E-state index contributed by atoms with van der Waals surface area (Å²) in [6, 6.07) is 7.45. The quantitative estimate of drug-likeness (QED) is 0.746. The molecule has 6 nitrogen and oxygen atoms in total. The van der Waals surface area contributed by atoms with Crippen LogP contribution < -0.4 is 4.74 Å². The van der Waals surface area contributed by atoms with Gasteiger partial charge < -0.3 is 14.5 Å². The van der Waals surface area contributed by atoms with Gasteiger partial charge in [-0.1, -0.05) is 12.1 Å². The SMILES string of the molecule is CC(=O)N1CCCN(C(=O)C2C3CCC4(CC(=O)c5ccccc5O4)C32)CC1. The van der Waals surface area contributed by atoms with E-state index in [2.05, 4.69) is 0 Å². The van der Waals surface area contributed by atoms with Gasteiger partial charge in [0.15, 0.2) is 5.78 Å². The van der Waals surface area contributed by atoms with Crippen molar-refractivity contribution in [3.05, 3.63) is 29.8 Å². The van der Waals surface area contributed by atoms with Crippen molar-refractivity contribution in [1.82, 2.24) is 9.80 Å². The van der Waals surface area contributed by atoms with E-state index < -0.39 is 5.60 Å². The maximum absolute atomic E-state index is 13.2. The fourth-order valence-electron chi connectivity index (χ4n) is 5.76. The third-order valence-corrected chi connectivity index (χ3v) is 7.18. The summed E-state index contributed by atoms with van der Waals surface area (Å²) in [7, 11) is 0. The van der Waals surface area contributed by atoms with Crippen molar-refractivity contribution in [1.29, 1.82) is 0 Å².